The minimum atomic E-state index is -4.48. The molecule has 4 aromatic heterocycles. The number of hydrogen-bond donors (Lipinski definition) is 7. The molecule has 3 aromatic carbocycles. The van der Waals surface area contributed by atoms with Crippen molar-refractivity contribution < 1.29 is 70.7 Å². The number of amides is 2. The van der Waals surface area contributed by atoms with Crippen LogP contribution in [-0.4, -0.2) is 119 Å². The number of rotatable bonds is 25. The Bertz CT molecular complexity index is 3690. The number of hydrogen-bond acceptors (Lipinski definition) is 20. The number of carbonyl (C=O) groups is 5. The van der Waals surface area contributed by atoms with Gasteiger partial charge in [-0.05, 0) is 97.3 Å². The van der Waals surface area contributed by atoms with E-state index in [1.54, 1.807) is 67.8 Å². The highest BCUT2D eigenvalue weighted by Gasteiger charge is 2.27. The summed E-state index contributed by atoms with van der Waals surface area (Å²) in [6.07, 6.45) is 0.559. The van der Waals surface area contributed by atoms with Gasteiger partial charge in [0, 0.05) is 77.7 Å². The highest BCUT2D eigenvalue weighted by Crippen LogP contribution is 2.35. The number of anilines is 3. The Balaban J connectivity index is 0.744. The number of amidine groups is 1. The predicted molar refractivity (Wildman–Crippen MR) is 305 cm³/mol. The van der Waals surface area contributed by atoms with Gasteiger partial charge < -0.3 is 50.4 Å². The average Bonchev–Trinajstić information content (AvgIpc) is 4.04. The maximum absolute atomic E-state index is 14.4. The van der Waals surface area contributed by atoms with Crippen molar-refractivity contribution in [2.75, 3.05) is 47.2 Å². The van der Waals surface area contributed by atoms with Gasteiger partial charge in [-0.2, -0.15) is 0 Å². The zero-order valence-electron chi connectivity index (χ0n) is 43.6. The topological polar surface area (TPSA) is 310 Å². The number of aliphatic carboxylic acids is 2. The quantitative estimate of drug-likeness (QED) is 0.0161. The van der Waals surface area contributed by atoms with Crippen LogP contribution in [0.15, 0.2) is 119 Å². The van der Waals surface area contributed by atoms with Gasteiger partial charge in [-0.3, -0.25) is 24.3 Å². The van der Waals surface area contributed by atoms with Gasteiger partial charge in [0.25, 0.3) is 15.9 Å². The van der Waals surface area contributed by atoms with Gasteiger partial charge in [-0.15, -0.1) is 11.3 Å². The number of sulfonamides is 1. The number of ether oxygens (including phenoxy) is 3. The van der Waals surface area contributed by atoms with Crippen LogP contribution in [0.3, 0.4) is 0 Å². The molecule has 1 aliphatic rings. The molecule has 0 aliphatic carbocycles. The number of aliphatic imine (C=N–C) groups is 1. The average molecular weight is 1200 g/mol. The number of nitrogens with zero attached hydrogens (tertiary/aromatic N) is 5. The number of carboxylic acids is 2. The molecule has 2 amide bonds. The second-order valence-corrected chi connectivity index (χ2v) is 23.4. The highest BCUT2D eigenvalue weighted by molar-refractivity contribution is 8.76. The maximum atomic E-state index is 14.4. The molecular weight excluding hydrogens is 1150 g/mol. The van der Waals surface area contributed by atoms with Crippen LogP contribution in [0.5, 0.6) is 5.88 Å². The minimum absolute atomic E-state index is 0.0801. The number of halogens is 2. The van der Waals surface area contributed by atoms with Gasteiger partial charge in [-0.25, -0.2) is 41.6 Å². The Labute approximate surface area is 479 Å². The molecule has 0 saturated heterocycles. The molecule has 2 unspecified atom stereocenters. The molecule has 7 aromatic rings. The number of pyridine rings is 3. The normalized spacial score (nSPS) is 13.6. The smallest absolute Gasteiger partial charge is 0.480 e. The van der Waals surface area contributed by atoms with Gasteiger partial charge >= 0.3 is 18.1 Å². The fourth-order valence-corrected chi connectivity index (χ4v) is 12.2. The number of aromatic nitrogens is 3. The summed E-state index contributed by atoms with van der Waals surface area (Å²) in [5, 5.41) is 39.4. The predicted octanol–water partition coefficient (Wildman–Crippen LogP) is 8.25. The van der Waals surface area contributed by atoms with Gasteiger partial charge in [0.15, 0.2) is 6.23 Å². The number of benzene rings is 3. The molecular formula is C54H51F2N9O13S4. The van der Waals surface area contributed by atoms with Crippen LogP contribution in [-0.2, 0) is 47.0 Å². The molecule has 7 N–H and O–H groups in total. The Morgan fingerprint density at radius 3 is 2.41 bits per heavy atom. The number of carboxylic acid groups (broad SMARTS) is 2. The summed E-state index contributed by atoms with van der Waals surface area (Å²) in [5.41, 5.74) is 5.73. The second-order valence-electron chi connectivity index (χ2n) is 18.0. The van der Waals surface area contributed by atoms with Crippen LogP contribution in [0.25, 0.3) is 33.3 Å². The first-order valence-corrected chi connectivity index (χ1v) is 29.4. The summed E-state index contributed by atoms with van der Waals surface area (Å²) in [6.45, 7) is 1.89. The third kappa shape index (κ3) is 15.3. The summed E-state index contributed by atoms with van der Waals surface area (Å²) >= 11 is 1.14. The summed E-state index contributed by atoms with van der Waals surface area (Å²) < 4.78 is 71.7. The van der Waals surface area contributed by atoms with Crippen molar-refractivity contribution in [3.63, 3.8) is 0 Å². The van der Waals surface area contributed by atoms with Crippen molar-refractivity contribution in [2.24, 2.45) is 4.99 Å². The molecule has 0 bridgehead atoms. The van der Waals surface area contributed by atoms with E-state index in [1.165, 1.54) is 24.0 Å². The minimum Gasteiger partial charge on any atom is -0.480 e. The van der Waals surface area contributed by atoms with E-state index in [-0.39, 0.29) is 47.6 Å². The molecule has 0 saturated carbocycles. The van der Waals surface area contributed by atoms with Gasteiger partial charge in [0.2, 0.25) is 11.8 Å². The number of fused-ring (bicyclic) bond motifs is 2. The Morgan fingerprint density at radius 2 is 1.67 bits per heavy atom. The molecule has 8 rings (SSSR count). The maximum Gasteiger partial charge on any atom is 0.508 e. The first-order valence-electron chi connectivity index (χ1n) is 24.7. The van der Waals surface area contributed by atoms with Crippen molar-refractivity contribution in [2.45, 2.75) is 56.1 Å². The number of aliphatic hydroxyl groups is 1. The van der Waals surface area contributed by atoms with Crippen molar-refractivity contribution in [1.29, 1.82) is 0 Å². The van der Waals surface area contributed by atoms with Crippen molar-refractivity contribution in [3.05, 3.63) is 143 Å². The van der Waals surface area contributed by atoms with Crippen molar-refractivity contribution in [1.82, 2.24) is 25.6 Å². The Morgan fingerprint density at radius 1 is 0.878 bits per heavy atom. The van der Waals surface area contributed by atoms with Crippen molar-refractivity contribution >= 4 is 106 Å². The molecule has 3 atom stereocenters. The zero-order valence-corrected chi connectivity index (χ0v) is 46.9. The second kappa shape index (κ2) is 26.9. The largest absolute Gasteiger partial charge is 0.508 e. The van der Waals surface area contributed by atoms with E-state index in [2.05, 4.69) is 40.6 Å². The molecule has 0 radical (unpaired) electrons. The van der Waals surface area contributed by atoms with E-state index in [4.69, 9.17) is 14.2 Å². The van der Waals surface area contributed by atoms with E-state index >= 15 is 0 Å². The van der Waals surface area contributed by atoms with E-state index in [1.807, 2.05) is 36.2 Å². The number of thiophene rings is 1. The van der Waals surface area contributed by atoms with E-state index < -0.39 is 81.2 Å². The van der Waals surface area contributed by atoms with Gasteiger partial charge in [0.1, 0.15) is 53.4 Å². The zero-order chi connectivity index (χ0) is 58.7. The lowest BCUT2D eigenvalue weighted by atomic mass is 9.99. The van der Waals surface area contributed by atoms with E-state index in [0.29, 0.717) is 57.0 Å². The molecule has 1 aliphatic heterocycles. The summed E-state index contributed by atoms with van der Waals surface area (Å²) in [6, 6.07) is 21.8. The standard InChI is InChI=1S/C54H51F2N9O13S4/c1-29-59-41-9-4-30(22-37(41)49(67)60-29)26-65(2)48-17-14-45(81-48)50(68)62-43(52(69)70)13-16-47(66)61-44(53(71)72)28-80-79-21-20-77-54(73)78-27-34-8-5-32(25-58-34)35-18-19-57-40-10-6-31(23-36(35)40)39-11-12-42(51(63-39)76-3)64-82(74,75)46-15-7-33(55)24-38(46)56/h4-12,14-15,17-19,22-25,43-44,49,64,67H,13,16,20-21,26-28H2,1-3H3,(H,59,60)(H,61,66)(H,62,68)(H,69,70)(H,71,72)/t43-,44?,49?/m0/s1. The lowest BCUT2D eigenvalue weighted by Crippen LogP contribution is -2.44. The van der Waals surface area contributed by atoms with Crippen LogP contribution in [0, 0.1) is 11.6 Å². The fourth-order valence-electron chi connectivity index (χ4n) is 8.19. The number of methoxy groups -OCH3 is 1. The van der Waals surface area contributed by atoms with E-state index in [9.17, 15) is 56.5 Å². The monoisotopic (exact) mass is 1200 g/mol. The SMILES string of the molecule is COc1nc(-c2ccc3nccc(-c4ccc(COC(=O)OCCSSCC(NC(=O)CC[C@H](NC(=O)c5ccc(N(C)Cc6ccc7c(c6)C(O)N=C(C)N7)s5)C(=O)O)C(=O)O)nc4)c3c2)ccc1NS(=O)(=O)c1ccc(F)cc1F. The number of carbonyl (C=O) groups excluding carboxylic acids is 3. The van der Waals surface area contributed by atoms with Gasteiger partial charge in [-0.1, -0.05) is 39.8 Å². The first-order chi connectivity index (χ1) is 39.2. The van der Waals surface area contributed by atoms with Crippen molar-refractivity contribution in [3.8, 4) is 28.3 Å². The summed E-state index contributed by atoms with van der Waals surface area (Å²) in [4.78, 5) is 81.3. The number of nitrogens with one attached hydrogen (secondary N) is 4. The molecule has 22 nitrogen and oxygen atoms in total. The summed E-state index contributed by atoms with van der Waals surface area (Å²) in [7, 11) is 0.910. The molecule has 28 heteroatoms. The van der Waals surface area contributed by atoms with E-state index in [0.717, 1.165) is 56.5 Å². The Hall–Kier alpha value is -8.44. The first kappa shape index (κ1) is 59.7. The van der Waals surface area contributed by atoms with Crippen LogP contribution in [0.4, 0.5) is 30.0 Å². The lowest BCUT2D eigenvalue weighted by molar-refractivity contribution is -0.142. The highest BCUT2D eigenvalue weighted by atomic mass is 33.1. The third-order valence-corrected chi connectivity index (χ3v) is 17.2. The molecule has 5 heterocycles. The molecule has 82 heavy (non-hydrogen) atoms. The lowest BCUT2D eigenvalue weighted by Gasteiger charge is -2.23. The van der Waals surface area contributed by atoms with Crippen LogP contribution in [0.1, 0.15) is 52.5 Å². The summed E-state index contributed by atoms with van der Waals surface area (Å²) in [5.74, 6) is -5.64. The molecule has 0 fully saturated rings. The van der Waals surface area contributed by atoms with Crippen LogP contribution < -0.4 is 30.3 Å². The molecule has 0 spiro atoms. The third-order valence-electron chi connectivity index (χ3n) is 12.2. The van der Waals surface area contributed by atoms with Crippen LogP contribution in [0.2, 0.25) is 0 Å². The number of aliphatic hydroxyl groups excluding tert-OH is 1. The van der Waals surface area contributed by atoms with Gasteiger partial charge in [0.05, 0.1) is 33.9 Å². The van der Waals surface area contributed by atoms with Crippen LogP contribution >= 0.6 is 32.9 Å². The fraction of sp³-hybridized carbons (Fsp3) is 0.241. The molecule has 428 valence electrons. The Kier molecular flexibility index (Phi) is 19.6.